The van der Waals surface area contributed by atoms with Crippen LogP contribution in [0.1, 0.15) is 44.1 Å². The molecule has 0 bridgehead atoms. The Kier molecular flexibility index (Phi) is 7.15. The molecule has 0 atom stereocenters. The minimum atomic E-state index is -1.12. The lowest BCUT2D eigenvalue weighted by atomic mass is 10.1. The van der Waals surface area contributed by atoms with E-state index in [9.17, 15) is 14.7 Å². The first-order chi connectivity index (χ1) is 15.2. The molecule has 8 nitrogen and oxygen atoms in total. The van der Waals surface area contributed by atoms with Crippen molar-refractivity contribution in [3.05, 3.63) is 69.6 Å². The average molecular weight is 456 g/mol. The number of aromatic carboxylic acids is 1. The van der Waals surface area contributed by atoms with E-state index in [4.69, 9.17) is 11.6 Å². The van der Waals surface area contributed by atoms with Gasteiger partial charge in [-0.25, -0.2) is 9.78 Å². The van der Waals surface area contributed by atoms with Crippen molar-refractivity contribution in [2.75, 3.05) is 23.8 Å². The molecule has 2 heterocycles. The van der Waals surface area contributed by atoms with Crippen molar-refractivity contribution in [1.82, 2.24) is 14.8 Å². The van der Waals surface area contributed by atoms with Crippen LogP contribution in [0.3, 0.4) is 0 Å². The number of pyridine rings is 1. The Morgan fingerprint density at radius 3 is 2.56 bits per heavy atom. The standard InChI is InChI=1S/C23H26ClN5O3/c1-14-17(15(2)29(4)27-14)9-7-11-28(3)21-19(23(31)32)12-16(13-25-21)26-22(30)18-8-5-6-10-20(18)24/h5-6,8,10,12-13H,7,9,11H2,1-4H3,(H,26,30)(H,31,32). The van der Waals surface area contributed by atoms with E-state index in [1.54, 1.807) is 31.3 Å². The van der Waals surface area contributed by atoms with Gasteiger partial charge in [0.1, 0.15) is 11.4 Å². The molecule has 0 spiro atoms. The fourth-order valence-corrected chi connectivity index (χ4v) is 3.83. The van der Waals surface area contributed by atoms with Crippen LogP contribution >= 0.6 is 11.6 Å². The molecule has 1 amide bonds. The highest BCUT2D eigenvalue weighted by Gasteiger charge is 2.18. The molecule has 2 N–H and O–H groups in total. The number of halogens is 1. The molecule has 168 valence electrons. The van der Waals surface area contributed by atoms with Gasteiger partial charge in [0.2, 0.25) is 0 Å². The fourth-order valence-electron chi connectivity index (χ4n) is 3.61. The summed E-state index contributed by atoms with van der Waals surface area (Å²) in [5.74, 6) is -1.21. The second kappa shape index (κ2) is 9.82. The second-order valence-corrected chi connectivity index (χ2v) is 8.04. The normalized spacial score (nSPS) is 10.8. The molecule has 0 aliphatic heterocycles. The molecule has 0 saturated heterocycles. The Bertz CT molecular complexity index is 1160. The molecule has 0 aliphatic rings. The first-order valence-corrected chi connectivity index (χ1v) is 10.6. The third-order valence-electron chi connectivity index (χ3n) is 5.41. The molecule has 0 unspecified atom stereocenters. The summed E-state index contributed by atoms with van der Waals surface area (Å²) >= 11 is 6.06. The third kappa shape index (κ3) is 5.08. The molecule has 9 heteroatoms. The number of amides is 1. The number of benzene rings is 1. The van der Waals surface area contributed by atoms with E-state index in [0.29, 0.717) is 22.9 Å². The van der Waals surface area contributed by atoms with Gasteiger partial charge >= 0.3 is 5.97 Å². The number of hydrogen-bond acceptors (Lipinski definition) is 5. The van der Waals surface area contributed by atoms with Crippen molar-refractivity contribution < 1.29 is 14.7 Å². The summed E-state index contributed by atoms with van der Waals surface area (Å²) in [6, 6.07) is 8.05. The van der Waals surface area contributed by atoms with E-state index in [2.05, 4.69) is 15.4 Å². The van der Waals surface area contributed by atoms with Crippen LogP contribution in [-0.4, -0.2) is 45.3 Å². The number of aromatic nitrogens is 3. The van der Waals surface area contributed by atoms with Gasteiger partial charge in [0, 0.05) is 26.3 Å². The minimum Gasteiger partial charge on any atom is -0.478 e. The Morgan fingerprint density at radius 2 is 1.94 bits per heavy atom. The van der Waals surface area contributed by atoms with E-state index in [1.807, 2.05) is 30.5 Å². The van der Waals surface area contributed by atoms with Crippen molar-refractivity contribution in [3.8, 4) is 0 Å². The zero-order chi connectivity index (χ0) is 23.4. The fraction of sp³-hybridized carbons (Fsp3) is 0.304. The van der Waals surface area contributed by atoms with Crippen LogP contribution in [0.4, 0.5) is 11.5 Å². The number of rotatable bonds is 8. The summed E-state index contributed by atoms with van der Waals surface area (Å²) in [5.41, 5.74) is 3.95. The summed E-state index contributed by atoms with van der Waals surface area (Å²) in [5, 5.41) is 17.1. The van der Waals surface area contributed by atoms with Gasteiger partial charge in [-0.3, -0.25) is 9.48 Å². The van der Waals surface area contributed by atoms with Gasteiger partial charge < -0.3 is 15.3 Å². The summed E-state index contributed by atoms with van der Waals surface area (Å²) in [6.45, 7) is 4.65. The molecule has 0 aliphatic carbocycles. The van der Waals surface area contributed by atoms with Crippen molar-refractivity contribution in [1.29, 1.82) is 0 Å². The number of carboxylic acid groups (broad SMARTS) is 1. The Balaban J connectivity index is 1.72. The van der Waals surface area contributed by atoms with Crippen LogP contribution < -0.4 is 10.2 Å². The second-order valence-electron chi connectivity index (χ2n) is 7.63. The Labute approximate surface area is 191 Å². The zero-order valence-corrected chi connectivity index (χ0v) is 19.3. The number of carbonyl (C=O) groups is 2. The van der Waals surface area contributed by atoms with Crippen LogP contribution in [0.25, 0.3) is 0 Å². The highest BCUT2D eigenvalue weighted by atomic mass is 35.5. The van der Waals surface area contributed by atoms with Gasteiger partial charge in [-0.05, 0) is 50.5 Å². The summed E-state index contributed by atoms with van der Waals surface area (Å²) in [6.07, 6.45) is 3.10. The molecule has 0 fully saturated rings. The van der Waals surface area contributed by atoms with Gasteiger partial charge in [0.05, 0.1) is 28.2 Å². The molecule has 2 aromatic heterocycles. The molecule has 1 aromatic carbocycles. The monoisotopic (exact) mass is 455 g/mol. The summed E-state index contributed by atoms with van der Waals surface area (Å²) < 4.78 is 1.87. The number of hydrogen-bond donors (Lipinski definition) is 2. The predicted molar refractivity (Wildman–Crippen MR) is 125 cm³/mol. The van der Waals surface area contributed by atoms with Crippen molar-refractivity contribution >= 4 is 35.0 Å². The Hall–Kier alpha value is -3.39. The van der Waals surface area contributed by atoms with E-state index in [1.165, 1.54) is 17.8 Å². The number of anilines is 2. The van der Waals surface area contributed by atoms with Crippen molar-refractivity contribution in [2.45, 2.75) is 26.7 Å². The summed E-state index contributed by atoms with van der Waals surface area (Å²) in [4.78, 5) is 30.5. The van der Waals surface area contributed by atoms with Crippen LogP contribution in [-0.2, 0) is 13.5 Å². The minimum absolute atomic E-state index is 0.0122. The maximum atomic E-state index is 12.5. The van der Waals surface area contributed by atoms with Crippen LogP contribution in [0.5, 0.6) is 0 Å². The number of carboxylic acids is 1. The molecule has 3 aromatic rings. The van der Waals surface area contributed by atoms with E-state index < -0.39 is 11.9 Å². The lowest BCUT2D eigenvalue weighted by Gasteiger charge is -2.20. The average Bonchev–Trinajstić information content (AvgIpc) is 2.99. The molecular weight excluding hydrogens is 430 g/mol. The zero-order valence-electron chi connectivity index (χ0n) is 18.5. The predicted octanol–water partition coefficient (Wildman–Crippen LogP) is 4.10. The van der Waals surface area contributed by atoms with Crippen LogP contribution in [0.2, 0.25) is 5.02 Å². The molecular formula is C23H26ClN5O3. The molecule has 0 radical (unpaired) electrons. The van der Waals surface area contributed by atoms with E-state index >= 15 is 0 Å². The quantitative estimate of drug-likeness (QED) is 0.530. The van der Waals surface area contributed by atoms with Crippen molar-refractivity contribution in [3.63, 3.8) is 0 Å². The number of nitrogens with zero attached hydrogens (tertiary/aromatic N) is 4. The lowest BCUT2D eigenvalue weighted by Crippen LogP contribution is -2.23. The maximum absolute atomic E-state index is 12.5. The largest absolute Gasteiger partial charge is 0.478 e. The molecule has 3 rings (SSSR count). The summed E-state index contributed by atoms with van der Waals surface area (Å²) in [7, 11) is 3.73. The van der Waals surface area contributed by atoms with Gasteiger partial charge in [-0.1, -0.05) is 23.7 Å². The van der Waals surface area contributed by atoms with E-state index in [0.717, 1.165) is 24.2 Å². The first kappa shape index (κ1) is 23.3. The SMILES string of the molecule is Cc1nn(C)c(C)c1CCCN(C)c1ncc(NC(=O)c2ccccc2Cl)cc1C(=O)O. The van der Waals surface area contributed by atoms with Gasteiger partial charge in [0.25, 0.3) is 5.91 Å². The number of nitrogens with one attached hydrogen (secondary N) is 1. The van der Waals surface area contributed by atoms with Gasteiger partial charge in [0.15, 0.2) is 0 Å². The molecule has 0 saturated carbocycles. The van der Waals surface area contributed by atoms with Crippen LogP contribution in [0.15, 0.2) is 36.5 Å². The Morgan fingerprint density at radius 1 is 1.22 bits per heavy atom. The smallest absolute Gasteiger partial charge is 0.339 e. The highest BCUT2D eigenvalue weighted by Crippen LogP contribution is 2.23. The van der Waals surface area contributed by atoms with E-state index in [-0.39, 0.29) is 11.3 Å². The lowest BCUT2D eigenvalue weighted by molar-refractivity contribution is 0.0696. The van der Waals surface area contributed by atoms with Gasteiger partial charge in [-0.15, -0.1) is 0 Å². The third-order valence-corrected chi connectivity index (χ3v) is 5.74. The highest BCUT2D eigenvalue weighted by molar-refractivity contribution is 6.34. The van der Waals surface area contributed by atoms with Crippen molar-refractivity contribution in [2.24, 2.45) is 7.05 Å². The first-order valence-electron chi connectivity index (χ1n) is 10.2. The maximum Gasteiger partial charge on any atom is 0.339 e. The van der Waals surface area contributed by atoms with Gasteiger partial charge in [-0.2, -0.15) is 5.10 Å². The van der Waals surface area contributed by atoms with Crippen LogP contribution in [0, 0.1) is 13.8 Å². The number of aryl methyl sites for hydroxylation is 2. The number of carbonyl (C=O) groups excluding carboxylic acids is 1. The molecule has 32 heavy (non-hydrogen) atoms. The topological polar surface area (TPSA) is 100 Å².